The Morgan fingerprint density at radius 2 is 1.91 bits per heavy atom. The van der Waals surface area contributed by atoms with Crippen LogP contribution in [0.4, 0.5) is 0 Å². The zero-order valence-electron chi connectivity index (χ0n) is 19.8. The zero-order valence-corrected chi connectivity index (χ0v) is 19.8. The van der Waals surface area contributed by atoms with Gasteiger partial charge in [0.1, 0.15) is 11.5 Å². The van der Waals surface area contributed by atoms with Crippen LogP contribution in [0.5, 0.6) is 11.5 Å². The topological polar surface area (TPSA) is 60.5 Å². The first kappa shape index (κ1) is 25.2. The van der Waals surface area contributed by atoms with Gasteiger partial charge in [0, 0.05) is 30.6 Å². The summed E-state index contributed by atoms with van der Waals surface area (Å²) in [5.41, 5.74) is 3.42. The lowest BCUT2D eigenvalue weighted by atomic mass is 9.99. The molecule has 32 heavy (non-hydrogen) atoms. The maximum atomic E-state index is 12.3. The largest absolute Gasteiger partial charge is 0.497 e. The third kappa shape index (κ3) is 8.96. The van der Waals surface area contributed by atoms with Gasteiger partial charge in [-0.25, -0.2) is 0 Å². The Bertz CT molecular complexity index is 869. The summed E-state index contributed by atoms with van der Waals surface area (Å²) in [5.74, 6) is 1.43. The van der Waals surface area contributed by atoms with Gasteiger partial charge in [-0.1, -0.05) is 31.6 Å². The molecule has 5 nitrogen and oxygen atoms in total. The van der Waals surface area contributed by atoms with Gasteiger partial charge in [0.25, 0.3) is 0 Å². The molecular formula is C27H36N2O3. The van der Waals surface area contributed by atoms with Gasteiger partial charge >= 0.3 is 0 Å². The molecule has 2 aromatic rings. The predicted molar refractivity (Wildman–Crippen MR) is 131 cm³/mol. The molecule has 0 aliphatic carbocycles. The van der Waals surface area contributed by atoms with E-state index in [2.05, 4.69) is 23.3 Å². The SMILES string of the molecule is CCCCC(=CC=CC(=O)N[C@H](C)CCCc1cccnc1)c1cc(OC)cc(OC)c1. The third-order valence-electron chi connectivity index (χ3n) is 5.28. The minimum atomic E-state index is -0.0757. The van der Waals surface area contributed by atoms with Gasteiger partial charge in [-0.15, -0.1) is 0 Å². The fourth-order valence-electron chi connectivity index (χ4n) is 3.46. The van der Waals surface area contributed by atoms with Crippen LogP contribution in [-0.2, 0) is 11.2 Å². The van der Waals surface area contributed by atoms with Crippen molar-refractivity contribution in [3.05, 3.63) is 72.1 Å². The van der Waals surface area contributed by atoms with E-state index in [0.29, 0.717) is 0 Å². The first-order chi connectivity index (χ1) is 15.5. The van der Waals surface area contributed by atoms with Crippen molar-refractivity contribution in [2.45, 2.75) is 58.4 Å². The Balaban J connectivity index is 1.95. The van der Waals surface area contributed by atoms with Crippen molar-refractivity contribution >= 4 is 11.5 Å². The van der Waals surface area contributed by atoms with E-state index in [0.717, 1.165) is 61.2 Å². The van der Waals surface area contributed by atoms with Crippen LogP contribution in [0.25, 0.3) is 5.57 Å². The molecule has 172 valence electrons. The molecule has 0 saturated heterocycles. The molecule has 1 N–H and O–H groups in total. The molecule has 1 atom stereocenters. The van der Waals surface area contributed by atoms with Gasteiger partial charge < -0.3 is 14.8 Å². The van der Waals surface area contributed by atoms with E-state index in [1.165, 1.54) is 5.56 Å². The van der Waals surface area contributed by atoms with E-state index < -0.39 is 0 Å². The summed E-state index contributed by atoms with van der Waals surface area (Å²) in [4.78, 5) is 16.5. The normalized spacial score (nSPS) is 12.6. The van der Waals surface area contributed by atoms with Crippen LogP contribution in [0.2, 0.25) is 0 Å². The maximum Gasteiger partial charge on any atom is 0.244 e. The Hall–Kier alpha value is -3.08. The fourth-order valence-corrected chi connectivity index (χ4v) is 3.46. The van der Waals surface area contributed by atoms with E-state index in [-0.39, 0.29) is 11.9 Å². The van der Waals surface area contributed by atoms with Crippen LogP contribution in [-0.4, -0.2) is 31.2 Å². The first-order valence-corrected chi connectivity index (χ1v) is 11.4. The summed E-state index contributed by atoms with van der Waals surface area (Å²) >= 11 is 0. The van der Waals surface area contributed by atoms with Crippen LogP contribution in [0.3, 0.4) is 0 Å². The van der Waals surface area contributed by atoms with Crippen LogP contribution >= 0.6 is 0 Å². The second-order valence-electron chi connectivity index (χ2n) is 7.92. The molecule has 1 heterocycles. The molecule has 0 aliphatic rings. The summed E-state index contributed by atoms with van der Waals surface area (Å²) in [5, 5.41) is 3.05. The molecule has 0 bridgehead atoms. The second-order valence-corrected chi connectivity index (χ2v) is 7.92. The molecule has 1 amide bonds. The second kappa shape index (κ2) is 14.1. The van der Waals surface area contributed by atoms with E-state index in [1.54, 1.807) is 26.5 Å². The Labute approximate surface area is 192 Å². The number of aryl methyl sites for hydroxylation is 1. The molecule has 2 rings (SSSR count). The van der Waals surface area contributed by atoms with Crippen LogP contribution in [0.15, 0.2) is 61.0 Å². The van der Waals surface area contributed by atoms with E-state index in [1.807, 2.05) is 49.5 Å². The summed E-state index contributed by atoms with van der Waals surface area (Å²) in [6.45, 7) is 4.21. The quantitative estimate of drug-likeness (QED) is 0.320. The lowest BCUT2D eigenvalue weighted by Crippen LogP contribution is -2.31. The zero-order chi connectivity index (χ0) is 23.2. The van der Waals surface area contributed by atoms with Crippen molar-refractivity contribution in [2.75, 3.05) is 14.2 Å². The minimum absolute atomic E-state index is 0.0757. The van der Waals surface area contributed by atoms with Crippen LogP contribution in [0.1, 0.15) is 57.1 Å². The van der Waals surface area contributed by atoms with Crippen LogP contribution < -0.4 is 14.8 Å². The summed E-state index contributed by atoms with van der Waals surface area (Å²) < 4.78 is 10.8. The van der Waals surface area contributed by atoms with Crippen molar-refractivity contribution < 1.29 is 14.3 Å². The molecule has 5 heteroatoms. The van der Waals surface area contributed by atoms with E-state index in [9.17, 15) is 4.79 Å². The van der Waals surface area contributed by atoms with Crippen molar-refractivity contribution in [1.29, 1.82) is 0 Å². The van der Waals surface area contributed by atoms with Gasteiger partial charge in [-0.2, -0.15) is 0 Å². The number of hydrogen-bond acceptors (Lipinski definition) is 4. The highest BCUT2D eigenvalue weighted by molar-refractivity contribution is 5.88. The van der Waals surface area contributed by atoms with E-state index in [4.69, 9.17) is 9.47 Å². The molecule has 0 fully saturated rings. The average Bonchev–Trinajstić information content (AvgIpc) is 2.81. The first-order valence-electron chi connectivity index (χ1n) is 11.4. The number of ether oxygens (including phenoxy) is 2. The molecule has 0 unspecified atom stereocenters. The average molecular weight is 437 g/mol. The number of amides is 1. The predicted octanol–water partition coefficient (Wildman–Crippen LogP) is 5.76. The van der Waals surface area contributed by atoms with Crippen molar-refractivity contribution in [3.8, 4) is 11.5 Å². The highest BCUT2D eigenvalue weighted by Gasteiger charge is 2.07. The number of hydrogen-bond donors (Lipinski definition) is 1. The number of nitrogens with zero attached hydrogens (tertiary/aromatic N) is 1. The van der Waals surface area contributed by atoms with Gasteiger partial charge in [-0.3, -0.25) is 9.78 Å². The highest BCUT2D eigenvalue weighted by Crippen LogP contribution is 2.29. The van der Waals surface area contributed by atoms with E-state index >= 15 is 0 Å². The number of carbonyl (C=O) groups excluding carboxylic acids is 1. The monoisotopic (exact) mass is 436 g/mol. The number of carbonyl (C=O) groups is 1. The van der Waals surface area contributed by atoms with Crippen molar-refractivity contribution in [1.82, 2.24) is 10.3 Å². The minimum Gasteiger partial charge on any atom is -0.497 e. The summed E-state index contributed by atoms with van der Waals surface area (Å²) in [7, 11) is 3.30. The smallest absolute Gasteiger partial charge is 0.244 e. The molecule has 1 aromatic heterocycles. The number of aromatic nitrogens is 1. The lowest BCUT2D eigenvalue weighted by Gasteiger charge is -2.12. The number of unbranched alkanes of at least 4 members (excludes halogenated alkanes) is 1. The van der Waals surface area contributed by atoms with Crippen LogP contribution in [0, 0.1) is 0 Å². The fraction of sp³-hybridized carbons (Fsp3) is 0.407. The number of benzene rings is 1. The Kier molecular flexibility index (Phi) is 11.1. The van der Waals surface area contributed by atoms with Crippen molar-refractivity contribution in [2.24, 2.45) is 0 Å². The van der Waals surface area contributed by atoms with Gasteiger partial charge in [0.2, 0.25) is 5.91 Å². The summed E-state index contributed by atoms with van der Waals surface area (Å²) in [6.07, 6.45) is 15.1. The van der Waals surface area contributed by atoms with Crippen molar-refractivity contribution in [3.63, 3.8) is 0 Å². The highest BCUT2D eigenvalue weighted by atomic mass is 16.5. The van der Waals surface area contributed by atoms with Gasteiger partial charge in [0.15, 0.2) is 0 Å². The molecule has 0 saturated carbocycles. The lowest BCUT2D eigenvalue weighted by molar-refractivity contribution is -0.117. The number of allylic oxidation sites excluding steroid dienone is 3. The number of pyridine rings is 1. The van der Waals surface area contributed by atoms with Gasteiger partial charge in [0.05, 0.1) is 14.2 Å². The number of methoxy groups -OCH3 is 2. The molecule has 1 aromatic carbocycles. The Morgan fingerprint density at radius 3 is 2.53 bits per heavy atom. The third-order valence-corrected chi connectivity index (χ3v) is 5.28. The standard InChI is InChI=1S/C27H36N2O3/c1-5-6-13-23(24-17-25(31-3)19-26(18-24)32-4)14-8-15-27(30)29-21(2)10-7-11-22-12-9-16-28-20-22/h8-9,12,14-21H,5-7,10-11,13H2,1-4H3,(H,29,30)/t21-/m1/s1. The number of rotatable bonds is 13. The number of nitrogens with one attached hydrogen (secondary N) is 1. The molecular weight excluding hydrogens is 400 g/mol. The molecule has 0 radical (unpaired) electrons. The molecule has 0 spiro atoms. The van der Waals surface area contributed by atoms with Gasteiger partial charge in [-0.05, 0) is 73.9 Å². The Morgan fingerprint density at radius 1 is 1.16 bits per heavy atom. The summed E-state index contributed by atoms with van der Waals surface area (Å²) in [6, 6.07) is 10.0. The molecule has 0 aliphatic heterocycles. The maximum absolute atomic E-state index is 12.3.